The summed E-state index contributed by atoms with van der Waals surface area (Å²) in [5.74, 6) is -0.759. The molecule has 4 aromatic rings. The van der Waals surface area contributed by atoms with Gasteiger partial charge in [-0.1, -0.05) is 103 Å². The molecule has 0 heterocycles. The maximum absolute atomic E-state index is 14.5. The lowest BCUT2D eigenvalue weighted by atomic mass is 10.0. The summed E-state index contributed by atoms with van der Waals surface area (Å²) in [5, 5.41) is 3.06. The van der Waals surface area contributed by atoms with Gasteiger partial charge in [0, 0.05) is 19.0 Å². The zero-order valence-corrected chi connectivity index (χ0v) is 26.6. The molecule has 0 aliphatic carbocycles. The Morgan fingerprint density at radius 1 is 0.795 bits per heavy atom. The highest BCUT2D eigenvalue weighted by molar-refractivity contribution is 7.92. The second-order valence-corrected chi connectivity index (χ2v) is 13.0. The van der Waals surface area contributed by atoms with Crippen LogP contribution < -0.4 is 9.62 Å². The molecule has 0 fully saturated rings. The van der Waals surface area contributed by atoms with Crippen molar-refractivity contribution in [1.82, 2.24) is 10.2 Å². The summed E-state index contributed by atoms with van der Waals surface area (Å²) >= 11 is 0. The van der Waals surface area contributed by atoms with Gasteiger partial charge in [-0.25, -0.2) is 8.42 Å². The van der Waals surface area contributed by atoms with Gasteiger partial charge in [0.15, 0.2) is 0 Å². The van der Waals surface area contributed by atoms with Crippen LogP contribution in [0.4, 0.5) is 5.69 Å². The van der Waals surface area contributed by atoms with E-state index in [0.717, 1.165) is 28.7 Å². The third-order valence-corrected chi connectivity index (χ3v) is 9.47. The van der Waals surface area contributed by atoms with E-state index in [1.807, 2.05) is 100 Å². The molecule has 4 aromatic carbocycles. The number of nitrogens with one attached hydrogen (secondary N) is 1. The zero-order valence-electron chi connectivity index (χ0n) is 25.8. The minimum atomic E-state index is -4.13. The summed E-state index contributed by atoms with van der Waals surface area (Å²) in [6.45, 7) is 7.34. The highest BCUT2D eigenvalue weighted by Crippen LogP contribution is 2.28. The summed E-state index contributed by atoms with van der Waals surface area (Å²) < 4.78 is 29.5. The molecule has 0 saturated carbocycles. The van der Waals surface area contributed by atoms with E-state index in [-0.39, 0.29) is 29.8 Å². The number of hydrogen-bond donors (Lipinski definition) is 1. The highest BCUT2D eigenvalue weighted by atomic mass is 32.2. The fraction of sp³-hybridized carbons (Fsp3) is 0.278. The Morgan fingerprint density at radius 3 is 1.93 bits per heavy atom. The van der Waals surface area contributed by atoms with E-state index in [9.17, 15) is 18.0 Å². The quantitative estimate of drug-likeness (QED) is 0.199. The predicted molar refractivity (Wildman–Crippen MR) is 176 cm³/mol. The molecule has 0 aliphatic heterocycles. The van der Waals surface area contributed by atoms with Crippen LogP contribution in [0.5, 0.6) is 0 Å². The van der Waals surface area contributed by atoms with Gasteiger partial charge < -0.3 is 10.2 Å². The fourth-order valence-corrected chi connectivity index (χ4v) is 6.59. The van der Waals surface area contributed by atoms with Crippen LogP contribution in [0.1, 0.15) is 42.5 Å². The number of sulfonamides is 1. The van der Waals surface area contributed by atoms with Gasteiger partial charge in [-0.2, -0.15) is 0 Å². The number of anilines is 1. The second kappa shape index (κ2) is 14.8. The Bertz CT molecular complexity index is 1650. The van der Waals surface area contributed by atoms with Crippen molar-refractivity contribution in [3.63, 3.8) is 0 Å². The van der Waals surface area contributed by atoms with E-state index >= 15 is 0 Å². The van der Waals surface area contributed by atoms with Crippen LogP contribution in [0.3, 0.4) is 0 Å². The Morgan fingerprint density at radius 2 is 1.36 bits per heavy atom. The first kappa shape index (κ1) is 32.5. The van der Waals surface area contributed by atoms with Gasteiger partial charge in [-0.05, 0) is 62.1 Å². The van der Waals surface area contributed by atoms with Crippen molar-refractivity contribution in [3.8, 4) is 0 Å². The number of hydrogen-bond acceptors (Lipinski definition) is 4. The van der Waals surface area contributed by atoms with E-state index in [0.29, 0.717) is 5.69 Å². The summed E-state index contributed by atoms with van der Waals surface area (Å²) in [7, 11) is -4.13. The maximum atomic E-state index is 14.5. The molecule has 7 nitrogen and oxygen atoms in total. The lowest BCUT2D eigenvalue weighted by molar-refractivity contribution is -0.140. The molecule has 0 aromatic heterocycles. The minimum Gasteiger partial charge on any atom is -0.352 e. The molecule has 0 spiro atoms. The van der Waals surface area contributed by atoms with Crippen LogP contribution in [0, 0.1) is 13.8 Å². The minimum absolute atomic E-state index is 0.0812. The van der Waals surface area contributed by atoms with Crippen molar-refractivity contribution >= 4 is 27.5 Å². The predicted octanol–water partition coefficient (Wildman–Crippen LogP) is 6.05. The Kier molecular flexibility index (Phi) is 11.0. The third kappa shape index (κ3) is 8.14. The van der Waals surface area contributed by atoms with Crippen molar-refractivity contribution in [2.24, 2.45) is 0 Å². The van der Waals surface area contributed by atoms with E-state index < -0.39 is 28.5 Å². The molecule has 44 heavy (non-hydrogen) atoms. The number of rotatable bonds is 13. The molecule has 0 radical (unpaired) electrons. The zero-order chi connectivity index (χ0) is 31.7. The molecular weight excluding hydrogens is 570 g/mol. The monoisotopic (exact) mass is 611 g/mol. The van der Waals surface area contributed by atoms with Gasteiger partial charge in [-0.3, -0.25) is 13.9 Å². The van der Waals surface area contributed by atoms with Crippen molar-refractivity contribution < 1.29 is 18.0 Å². The largest absolute Gasteiger partial charge is 0.352 e. The Hall–Kier alpha value is -4.43. The van der Waals surface area contributed by atoms with E-state index in [4.69, 9.17) is 0 Å². The van der Waals surface area contributed by atoms with Gasteiger partial charge >= 0.3 is 0 Å². The van der Waals surface area contributed by atoms with Crippen LogP contribution in [0.2, 0.25) is 0 Å². The van der Waals surface area contributed by atoms with Crippen LogP contribution in [0.15, 0.2) is 114 Å². The molecule has 230 valence electrons. The fourth-order valence-electron chi connectivity index (χ4n) is 5.09. The molecule has 0 saturated heterocycles. The first-order valence-corrected chi connectivity index (χ1v) is 16.4. The van der Waals surface area contributed by atoms with Crippen LogP contribution in [-0.4, -0.2) is 43.8 Å². The van der Waals surface area contributed by atoms with Gasteiger partial charge in [-0.15, -0.1) is 0 Å². The van der Waals surface area contributed by atoms with Gasteiger partial charge in [0.25, 0.3) is 10.0 Å². The number of carbonyl (C=O) groups excluding carboxylic acids is 2. The first-order chi connectivity index (χ1) is 21.1. The lowest BCUT2D eigenvalue weighted by Gasteiger charge is -2.34. The van der Waals surface area contributed by atoms with Gasteiger partial charge in [0.2, 0.25) is 11.8 Å². The van der Waals surface area contributed by atoms with Crippen LogP contribution >= 0.6 is 0 Å². The number of benzene rings is 4. The second-order valence-electron chi connectivity index (χ2n) is 11.1. The summed E-state index contributed by atoms with van der Waals surface area (Å²) in [5.41, 5.74) is 3.84. The molecule has 0 unspecified atom stereocenters. The third-order valence-electron chi connectivity index (χ3n) is 7.70. The van der Waals surface area contributed by atoms with Crippen molar-refractivity contribution in [3.05, 3.63) is 131 Å². The normalized spacial score (nSPS) is 12.6. The SMILES string of the molecule is CC[C@@H](C)NC(=O)[C@H](Cc1ccccc1)N(Cc1ccccc1)C(=O)CN(c1ccc(C)cc1C)S(=O)(=O)c1ccccc1. The number of nitrogens with zero attached hydrogens (tertiary/aromatic N) is 2. The average Bonchev–Trinajstić information content (AvgIpc) is 3.03. The summed E-state index contributed by atoms with van der Waals surface area (Å²) in [6.07, 6.45) is 1.00. The Balaban J connectivity index is 1.81. The van der Waals surface area contributed by atoms with Crippen molar-refractivity contribution in [2.45, 2.75) is 64.1 Å². The molecule has 0 aliphatic rings. The van der Waals surface area contributed by atoms with Crippen LogP contribution in [0.25, 0.3) is 0 Å². The van der Waals surface area contributed by atoms with Crippen LogP contribution in [-0.2, 0) is 32.6 Å². The van der Waals surface area contributed by atoms with E-state index in [1.165, 1.54) is 21.3 Å². The number of amides is 2. The lowest BCUT2D eigenvalue weighted by Crippen LogP contribution is -2.54. The Labute approximate surface area is 261 Å². The van der Waals surface area contributed by atoms with Gasteiger partial charge in [0.05, 0.1) is 10.6 Å². The maximum Gasteiger partial charge on any atom is 0.264 e. The number of aryl methyl sites for hydroxylation is 2. The first-order valence-electron chi connectivity index (χ1n) is 14.9. The summed E-state index contributed by atoms with van der Waals surface area (Å²) in [6, 6.07) is 31.6. The van der Waals surface area contributed by atoms with E-state index in [2.05, 4.69) is 5.32 Å². The van der Waals surface area contributed by atoms with Gasteiger partial charge in [0.1, 0.15) is 12.6 Å². The molecule has 4 rings (SSSR count). The molecular formula is C36H41N3O4S. The van der Waals surface area contributed by atoms with Crippen molar-refractivity contribution in [2.75, 3.05) is 10.8 Å². The van der Waals surface area contributed by atoms with Crippen molar-refractivity contribution in [1.29, 1.82) is 0 Å². The summed E-state index contributed by atoms with van der Waals surface area (Å²) in [4.78, 5) is 30.0. The average molecular weight is 612 g/mol. The smallest absolute Gasteiger partial charge is 0.264 e. The standard InChI is InChI=1S/C36H41N3O4S/c1-5-29(4)37-36(41)34(24-30-15-9-6-10-16-30)38(25-31-17-11-7-12-18-31)35(40)26-39(33-22-21-27(2)23-28(33)3)44(42,43)32-19-13-8-14-20-32/h6-23,29,34H,5,24-26H2,1-4H3,(H,37,41)/t29-,34+/m1/s1. The molecule has 2 amide bonds. The topological polar surface area (TPSA) is 86.8 Å². The number of carbonyl (C=O) groups is 2. The molecule has 1 N–H and O–H groups in total. The molecule has 8 heteroatoms. The van der Waals surface area contributed by atoms with E-state index in [1.54, 1.807) is 24.3 Å². The molecule has 0 bridgehead atoms. The molecule has 2 atom stereocenters. The highest BCUT2D eigenvalue weighted by Gasteiger charge is 2.35.